The van der Waals surface area contributed by atoms with Crippen LogP contribution >= 0.6 is 0 Å². The van der Waals surface area contributed by atoms with Crippen LogP contribution in [0.2, 0.25) is 0 Å². The number of hydrogen-bond donors (Lipinski definition) is 2. The summed E-state index contributed by atoms with van der Waals surface area (Å²) in [6.07, 6.45) is 0.857. The molecule has 1 atom stereocenters. The number of nitrogens with one attached hydrogen (secondary N) is 2. The fraction of sp³-hybridized carbons (Fsp3) is 0.500. The van der Waals surface area contributed by atoms with E-state index in [9.17, 15) is 14.4 Å². The predicted molar refractivity (Wildman–Crippen MR) is 106 cm³/mol. The molecule has 0 aromatic heterocycles. The van der Waals surface area contributed by atoms with Crippen LogP contribution in [0.3, 0.4) is 0 Å². The third-order valence-corrected chi connectivity index (χ3v) is 5.16. The first-order chi connectivity index (χ1) is 14.0. The molecular formula is C20H27N4O5+. The lowest BCUT2D eigenvalue weighted by atomic mass is 9.99. The molecule has 2 fully saturated rings. The van der Waals surface area contributed by atoms with Crippen molar-refractivity contribution < 1.29 is 28.8 Å². The number of barbiturate groups is 1. The Morgan fingerprint density at radius 1 is 1.24 bits per heavy atom. The minimum absolute atomic E-state index is 0.370. The van der Waals surface area contributed by atoms with Gasteiger partial charge < -0.3 is 14.4 Å². The molecule has 1 unspecified atom stereocenters. The number of amides is 4. The number of carbonyl (C=O) groups is 3. The van der Waals surface area contributed by atoms with E-state index in [0.717, 1.165) is 44.2 Å². The van der Waals surface area contributed by atoms with Gasteiger partial charge in [0, 0.05) is 18.7 Å². The summed E-state index contributed by atoms with van der Waals surface area (Å²) in [5, 5.41) is 2.26. The maximum atomic E-state index is 12.9. The van der Waals surface area contributed by atoms with Crippen LogP contribution < -0.4 is 19.9 Å². The van der Waals surface area contributed by atoms with E-state index in [1.807, 2.05) is 0 Å². The van der Waals surface area contributed by atoms with E-state index in [1.54, 1.807) is 31.2 Å². The second-order valence-corrected chi connectivity index (χ2v) is 7.09. The number of quaternary nitrogens is 1. The number of rotatable bonds is 7. The van der Waals surface area contributed by atoms with Gasteiger partial charge in [-0.1, -0.05) is 0 Å². The van der Waals surface area contributed by atoms with Gasteiger partial charge in [0.2, 0.25) is 5.91 Å². The van der Waals surface area contributed by atoms with Crippen LogP contribution in [-0.4, -0.2) is 70.1 Å². The Morgan fingerprint density at radius 2 is 1.93 bits per heavy atom. The van der Waals surface area contributed by atoms with Crippen LogP contribution in [0, 0.1) is 5.92 Å². The topological polar surface area (TPSA) is 102 Å². The molecule has 3 rings (SSSR count). The van der Waals surface area contributed by atoms with Crippen LogP contribution in [-0.2, 0) is 14.3 Å². The van der Waals surface area contributed by atoms with Crippen molar-refractivity contribution in [2.24, 2.45) is 10.9 Å². The number of anilines is 1. The normalized spacial score (nSPS) is 21.3. The lowest BCUT2D eigenvalue weighted by Gasteiger charge is -2.30. The minimum Gasteiger partial charge on any atom is -0.497 e. The van der Waals surface area contributed by atoms with Crippen LogP contribution in [0.15, 0.2) is 29.3 Å². The first-order valence-corrected chi connectivity index (χ1v) is 9.76. The molecule has 2 N–H and O–H groups in total. The SMILES string of the molecule is COc1ccc(N2C(=O)NC(=O)C(C(C)=NCCC[NH+]3CCOCC3)C2=O)cc1. The molecule has 2 aliphatic rings. The maximum Gasteiger partial charge on any atom is 0.335 e. The van der Waals surface area contributed by atoms with Gasteiger partial charge in [0.15, 0.2) is 5.92 Å². The second-order valence-electron chi connectivity index (χ2n) is 7.09. The van der Waals surface area contributed by atoms with E-state index < -0.39 is 23.8 Å². The zero-order valence-corrected chi connectivity index (χ0v) is 16.8. The van der Waals surface area contributed by atoms with Crippen molar-refractivity contribution >= 4 is 29.2 Å². The highest BCUT2D eigenvalue weighted by atomic mass is 16.5. The Balaban J connectivity index is 1.65. The quantitative estimate of drug-likeness (QED) is 0.369. The number of morpholine rings is 1. The molecule has 0 spiro atoms. The van der Waals surface area contributed by atoms with Crippen molar-refractivity contribution in [1.82, 2.24) is 5.32 Å². The van der Waals surface area contributed by atoms with Crippen molar-refractivity contribution in [2.75, 3.05) is 51.4 Å². The van der Waals surface area contributed by atoms with E-state index in [4.69, 9.17) is 9.47 Å². The lowest BCUT2D eigenvalue weighted by Crippen LogP contribution is -3.14. The van der Waals surface area contributed by atoms with Crippen LogP contribution in [0.25, 0.3) is 0 Å². The Hall–Kier alpha value is -2.78. The molecular weight excluding hydrogens is 376 g/mol. The van der Waals surface area contributed by atoms with Gasteiger partial charge in [0.25, 0.3) is 5.91 Å². The number of urea groups is 1. The predicted octanol–water partition coefficient (Wildman–Crippen LogP) is -0.340. The van der Waals surface area contributed by atoms with Crippen molar-refractivity contribution in [3.05, 3.63) is 24.3 Å². The number of hydrogen-bond acceptors (Lipinski definition) is 6. The zero-order valence-electron chi connectivity index (χ0n) is 16.8. The van der Waals surface area contributed by atoms with Crippen molar-refractivity contribution in [1.29, 1.82) is 0 Å². The van der Waals surface area contributed by atoms with Gasteiger partial charge >= 0.3 is 6.03 Å². The van der Waals surface area contributed by atoms with Gasteiger partial charge in [0.05, 0.1) is 32.6 Å². The Kier molecular flexibility index (Phi) is 6.95. The van der Waals surface area contributed by atoms with E-state index >= 15 is 0 Å². The van der Waals surface area contributed by atoms with Crippen molar-refractivity contribution in [2.45, 2.75) is 13.3 Å². The standard InChI is InChI=1S/C20H26N4O5/c1-14(21-8-3-9-23-10-12-29-13-11-23)17-18(25)22-20(27)24(19(17)26)15-4-6-16(28-2)7-5-15/h4-7,17H,3,8-13H2,1-2H3,(H,22,25,27)/p+1. The van der Waals surface area contributed by atoms with Crippen molar-refractivity contribution in [3.63, 3.8) is 0 Å². The first kappa shape index (κ1) is 20.9. The Bertz CT molecular complexity index is 787. The number of benzene rings is 1. The third kappa shape index (κ3) is 4.99. The van der Waals surface area contributed by atoms with E-state index in [0.29, 0.717) is 23.7 Å². The molecule has 0 saturated carbocycles. The van der Waals surface area contributed by atoms with Crippen molar-refractivity contribution in [3.8, 4) is 5.75 Å². The molecule has 29 heavy (non-hydrogen) atoms. The first-order valence-electron chi connectivity index (χ1n) is 9.76. The highest BCUT2D eigenvalue weighted by Crippen LogP contribution is 2.24. The van der Waals surface area contributed by atoms with E-state index in [-0.39, 0.29) is 0 Å². The Labute approximate surface area is 169 Å². The summed E-state index contributed by atoms with van der Waals surface area (Å²) in [7, 11) is 1.53. The third-order valence-electron chi connectivity index (χ3n) is 5.16. The van der Waals surface area contributed by atoms with Gasteiger partial charge in [-0.25, -0.2) is 9.69 Å². The molecule has 156 valence electrons. The summed E-state index contributed by atoms with van der Waals surface area (Å²) in [6.45, 7) is 6.71. The highest BCUT2D eigenvalue weighted by molar-refractivity contribution is 6.35. The monoisotopic (exact) mass is 403 g/mol. The van der Waals surface area contributed by atoms with Gasteiger partial charge in [-0.2, -0.15) is 0 Å². The fourth-order valence-corrected chi connectivity index (χ4v) is 3.50. The molecule has 0 aliphatic carbocycles. The van der Waals surface area contributed by atoms with Crippen LogP contribution in [0.1, 0.15) is 13.3 Å². The Morgan fingerprint density at radius 3 is 2.59 bits per heavy atom. The average molecular weight is 403 g/mol. The number of methoxy groups -OCH3 is 1. The molecule has 2 aliphatic heterocycles. The summed E-state index contributed by atoms with van der Waals surface area (Å²) in [5.41, 5.74) is 0.782. The zero-order chi connectivity index (χ0) is 20.8. The number of aliphatic imine (C=N–C) groups is 1. The number of nitrogens with zero attached hydrogens (tertiary/aromatic N) is 2. The molecule has 1 aromatic carbocycles. The number of ether oxygens (including phenoxy) is 2. The van der Waals surface area contributed by atoms with Crippen LogP contribution in [0.5, 0.6) is 5.75 Å². The molecule has 2 heterocycles. The second kappa shape index (κ2) is 9.62. The number of carbonyl (C=O) groups excluding carboxylic acids is 3. The highest BCUT2D eigenvalue weighted by Gasteiger charge is 2.42. The summed E-state index contributed by atoms with van der Waals surface area (Å²) in [6, 6.07) is 5.73. The van der Waals surface area contributed by atoms with Gasteiger partial charge in [-0.05, 0) is 31.2 Å². The molecule has 4 amide bonds. The van der Waals surface area contributed by atoms with E-state index in [1.165, 1.54) is 12.0 Å². The smallest absolute Gasteiger partial charge is 0.335 e. The van der Waals surface area contributed by atoms with Gasteiger partial charge in [-0.15, -0.1) is 0 Å². The maximum absolute atomic E-state index is 12.9. The molecule has 2 saturated heterocycles. The summed E-state index contributed by atoms with van der Waals surface area (Å²) in [4.78, 5) is 44.4. The largest absolute Gasteiger partial charge is 0.497 e. The van der Waals surface area contributed by atoms with Gasteiger partial charge in [0.1, 0.15) is 18.8 Å². The molecule has 1 aromatic rings. The van der Waals surface area contributed by atoms with Crippen LogP contribution in [0.4, 0.5) is 10.5 Å². The summed E-state index contributed by atoms with van der Waals surface area (Å²) in [5.74, 6) is -1.73. The lowest BCUT2D eigenvalue weighted by molar-refractivity contribution is -0.908. The number of imide groups is 2. The van der Waals surface area contributed by atoms with Gasteiger partial charge in [-0.3, -0.25) is 19.9 Å². The van der Waals surface area contributed by atoms with E-state index in [2.05, 4.69) is 10.3 Å². The molecule has 0 bridgehead atoms. The molecule has 0 radical (unpaired) electrons. The minimum atomic E-state index is -1.11. The fourth-order valence-electron chi connectivity index (χ4n) is 3.50. The molecule has 9 nitrogen and oxygen atoms in total. The summed E-state index contributed by atoms with van der Waals surface area (Å²) < 4.78 is 10.4. The average Bonchev–Trinajstić information content (AvgIpc) is 2.72. The molecule has 9 heteroatoms. The summed E-state index contributed by atoms with van der Waals surface area (Å²) >= 11 is 0.